The fraction of sp³-hybridized carbons (Fsp3) is 1.00. The third-order valence-corrected chi connectivity index (χ3v) is 21.8. The van der Waals surface area contributed by atoms with Crippen LogP contribution in [0, 0.1) is 0 Å². The van der Waals surface area contributed by atoms with Gasteiger partial charge < -0.3 is 13.0 Å². The summed E-state index contributed by atoms with van der Waals surface area (Å²) in [5.74, 6) is 0. The molecule has 6 heteroatoms. The highest BCUT2D eigenvalue weighted by Crippen LogP contribution is 2.24. The Morgan fingerprint density at radius 3 is 1.06 bits per heavy atom. The molecule has 0 saturated heterocycles. The second kappa shape index (κ2) is 5.45. The molecule has 98 valence electrons. The SMILES string of the molecule is CN(C)[Si](C)(C)N([SiH](C)C)[Si](C)(C)N(C)C. The molecule has 0 aliphatic rings. The number of hydrogen-bond donors (Lipinski definition) is 0. The molecule has 0 radical (unpaired) electrons. The summed E-state index contributed by atoms with van der Waals surface area (Å²) in [4.78, 5) is 0. The summed E-state index contributed by atoms with van der Waals surface area (Å²) in [7, 11) is 5.36. The fourth-order valence-corrected chi connectivity index (χ4v) is 21.3. The summed E-state index contributed by atoms with van der Waals surface area (Å²) in [6, 6.07) is 0. The molecule has 0 rings (SSSR count). The molecular weight excluding hydrogens is 246 g/mol. The van der Waals surface area contributed by atoms with Crippen molar-refractivity contribution >= 4 is 25.8 Å². The number of rotatable bonds is 5. The van der Waals surface area contributed by atoms with Crippen LogP contribution in [0.4, 0.5) is 0 Å². The number of nitrogens with zero attached hydrogens (tertiary/aromatic N) is 3. The first-order valence-electron chi connectivity index (χ1n) is 6.10. The second-order valence-electron chi connectivity index (χ2n) is 6.24. The molecule has 0 unspecified atom stereocenters. The molecule has 0 fully saturated rings. The van der Waals surface area contributed by atoms with E-state index in [0.717, 1.165) is 0 Å². The molecule has 0 amide bonds. The molecule has 0 aromatic carbocycles. The molecular formula is C10H31N3Si3. The Balaban J connectivity index is 5.33. The van der Waals surface area contributed by atoms with Crippen LogP contribution in [0.5, 0.6) is 0 Å². The summed E-state index contributed by atoms with van der Waals surface area (Å²) in [6.45, 7) is 14.9. The van der Waals surface area contributed by atoms with E-state index in [-0.39, 0.29) is 0 Å². The van der Waals surface area contributed by atoms with Crippen molar-refractivity contribution in [2.45, 2.75) is 39.3 Å². The monoisotopic (exact) mass is 277 g/mol. The maximum Gasteiger partial charge on any atom is 0.187 e. The molecule has 0 aliphatic carbocycles. The van der Waals surface area contributed by atoms with Crippen LogP contribution in [0.1, 0.15) is 0 Å². The van der Waals surface area contributed by atoms with Gasteiger partial charge in [0, 0.05) is 0 Å². The van der Waals surface area contributed by atoms with Crippen molar-refractivity contribution in [2.75, 3.05) is 28.2 Å². The van der Waals surface area contributed by atoms with Crippen LogP contribution in [-0.2, 0) is 0 Å². The van der Waals surface area contributed by atoms with Gasteiger partial charge in [-0.25, -0.2) is 0 Å². The van der Waals surface area contributed by atoms with E-state index in [0.29, 0.717) is 0 Å². The third kappa shape index (κ3) is 3.27. The van der Waals surface area contributed by atoms with Gasteiger partial charge in [0.1, 0.15) is 0 Å². The summed E-state index contributed by atoms with van der Waals surface area (Å²) < 4.78 is 7.93. The summed E-state index contributed by atoms with van der Waals surface area (Å²) >= 11 is 0. The van der Waals surface area contributed by atoms with Crippen LogP contribution in [0.15, 0.2) is 0 Å². The highest BCUT2D eigenvalue weighted by Gasteiger charge is 2.45. The zero-order valence-corrected chi connectivity index (χ0v) is 16.1. The van der Waals surface area contributed by atoms with Crippen LogP contribution in [0.25, 0.3) is 0 Å². The van der Waals surface area contributed by atoms with Crippen LogP contribution in [0.3, 0.4) is 0 Å². The minimum absolute atomic E-state index is 0.774. The topological polar surface area (TPSA) is 9.72 Å². The molecule has 0 aromatic heterocycles. The van der Waals surface area contributed by atoms with Gasteiger partial charge in [-0.2, -0.15) is 0 Å². The molecule has 0 saturated carbocycles. The Labute approximate surface area is 106 Å². The van der Waals surface area contributed by atoms with Gasteiger partial charge >= 0.3 is 0 Å². The Bertz CT molecular complexity index is 207. The molecule has 0 aromatic rings. The van der Waals surface area contributed by atoms with E-state index in [1.807, 2.05) is 0 Å². The molecule has 0 N–H and O–H groups in total. The van der Waals surface area contributed by atoms with Crippen LogP contribution < -0.4 is 0 Å². The van der Waals surface area contributed by atoms with Gasteiger partial charge in [-0.1, -0.05) is 13.1 Å². The van der Waals surface area contributed by atoms with E-state index in [1.54, 1.807) is 0 Å². The van der Waals surface area contributed by atoms with Gasteiger partial charge in [0.25, 0.3) is 0 Å². The maximum absolute atomic E-state index is 2.96. The molecule has 16 heavy (non-hydrogen) atoms. The van der Waals surface area contributed by atoms with E-state index < -0.39 is 25.8 Å². The summed E-state index contributed by atoms with van der Waals surface area (Å²) in [5.41, 5.74) is 0. The lowest BCUT2D eigenvalue weighted by Crippen LogP contribution is -2.75. The van der Waals surface area contributed by atoms with Gasteiger partial charge in [-0.15, -0.1) is 0 Å². The lowest BCUT2D eigenvalue weighted by atomic mass is 11.3. The molecule has 0 atom stereocenters. The van der Waals surface area contributed by atoms with E-state index in [1.165, 1.54) is 0 Å². The van der Waals surface area contributed by atoms with Crippen molar-refractivity contribution < 1.29 is 0 Å². The van der Waals surface area contributed by atoms with Crippen molar-refractivity contribution in [3.05, 3.63) is 0 Å². The largest absolute Gasteiger partial charge is 0.347 e. The average molecular weight is 278 g/mol. The predicted octanol–water partition coefficient (Wildman–Crippen LogP) is 1.80. The standard InChI is InChI=1S/C10H31N3Si3/c1-11(2)15(7,8)13(14(5)6)16(9,10)12(3)4/h14H,1-10H3. The Morgan fingerprint density at radius 2 is 0.938 bits per heavy atom. The first-order valence-corrected chi connectivity index (χ1v) is 14.7. The lowest BCUT2D eigenvalue weighted by Gasteiger charge is -2.53. The van der Waals surface area contributed by atoms with Crippen molar-refractivity contribution in [2.24, 2.45) is 0 Å². The molecule has 0 spiro atoms. The predicted molar refractivity (Wildman–Crippen MR) is 83.1 cm³/mol. The zero-order chi connectivity index (χ0) is 13.3. The van der Waals surface area contributed by atoms with Crippen molar-refractivity contribution in [3.63, 3.8) is 0 Å². The van der Waals surface area contributed by atoms with Crippen LogP contribution in [-0.4, -0.2) is 67.0 Å². The third-order valence-electron chi connectivity index (χ3n) is 3.88. The van der Waals surface area contributed by atoms with E-state index in [2.05, 4.69) is 80.5 Å². The highest BCUT2D eigenvalue weighted by molar-refractivity contribution is 6.97. The van der Waals surface area contributed by atoms with Gasteiger partial charge in [-0.05, 0) is 54.4 Å². The summed E-state index contributed by atoms with van der Waals surface area (Å²) in [6.07, 6.45) is 0. The minimum atomic E-state index is -1.42. The Morgan fingerprint density at radius 1 is 0.688 bits per heavy atom. The van der Waals surface area contributed by atoms with E-state index in [4.69, 9.17) is 0 Å². The first kappa shape index (κ1) is 16.5. The number of hydrogen-bond acceptors (Lipinski definition) is 3. The fourth-order valence-electron chi connectivity index (χ4n) is 2.36. The van der Waals surface area contributed by atoms with E-state index >= 15 is 0 Å². The maximum atomic E-state index is 2.96. The lowest BCUT2D eigenvalue weighted by molar-refractivity contribution is 0.531. The van der Waals surface area contributed by atoms with Gasteiger partial charge in [-0.3, -0.25) is 0 Å². The summed E-state index contributed by atoms with van der Waals surface area (Å²) in [5, 5.41) is 0. The van der Waals surface area contributed by atoms with Crippen LogP contribution >= 0.6 is 0 Å². The molecule has 0 heterocycles. The smallest absolute Gasteiger partial charge is 0.187 e. The van der Waals surface area contributed by atoms with Gasteiger partial charge in [0.2, 0.25) is 0 Å². The normalized spacial score (nSPS) is 14.6. The Hall–Kier alpha value is 0.531. The molecule has 0 bridgehead atoms. The quantitative estimate of drug-likeness (QED) is 0.710. The highest BCUT2D eigenvalue weighted by atomic mass is 28.5. The second-order valence-corrected chi connectivity index (χ2v) is 19.2. The van der Waals surface area contributed by atoms with Crippen molar-refractivity contribution in [3.8, 4) is 0 Å². The van der Waals surface area contributed by atoms with E-state index in [9.17, 15) is 0 Å². The average Bonchev–Trinajstić information content (AvgIpc) is 2.00. The first-order chi connectivity index (χ1) is 6.95. The van der Waals surface area contributed by atoms with Crippen LogP contribution in [0.2, 0.25) is 39.3 Å². The van der Waals surface area contributed by atoms with Crippen molar-refractivity contribution in [1.29, 1.82) is 0 Å². The van der Waals surface area contributed by atoms with Gasteiger partial charge in [0.05, 0.1) is 8.96 Å². The molecule has 0 aliphatic heterocycles. The van der Waals surface area contributed by atoms with Gasteiger partial charge in [0.15, 0.2) is 16.8 Å². The molecule has 3 nitrogen and oxygen atoms in total. The Kier molecular flexibility index (Phi) is 5.63. The van der Waals surface area contributed by atoms with Crippen molar-refractivity contribution in [1.82, 2.24) is 13.0 Å². The minimum Gasteiger partial charge on any atom is -0.347 e. The zero-order valence-electron chi connectivity index (χ0n) is 12.9.